The molecule has 0 fully saturated rings. The highest BCUT2D eigenvalue weighted by Gasteiger charge is 2.31. The number of alkyl halides is 3. The smallest absolute Gasteiger partial charge is 0.289 e. The summed E-state index contributed by atoms with van der Waals surface area (Å²) >= 11 is 5.37. The molecule has 2 aromatic carbocycles. The van der Waals surface area contributed by atoms with Crippen molar-refractivity contribution < 1.29 is 22.8 Å². The van der Waals surface area contributed by atoms with E-state index in [-0.39, 0.29) is 16.7 Å². The van der Waals surface area contributed by atoms with Crippen LogP contribution in [0.1, 0.15) is 31.8 Å². The molecule has 0 saturated carbocycles. The maximum absolute atomic E-state index is 12.7. The monoisotopic (exact) mass is 312 g/mol. The van der Waals surface area contributed by atoms with Gasteiger partial charge in [0.2, 0.25) is 0 Å². The van der Waals surface area contributed by atoms with Gasteiger partial charge in [-0.25, -0.2) is 0 Å². The maximum Gasteiger partial charge on any atom is 0.416 e. The highest BCUT2D eigenvalue weighted by atomic mass is 35.5. The van der Waals surface area contributed by atoms with Crippen LogP contribution in [-0.2, 0) is 6.18 Å². The molecule has 0 radical (unpaired) electrons. The molecule has 0 unspecified atom stereocenters. The molecule has 0 heterocycles. The molecular weight excluding hydrogens is 305 g/mol. The van der Waals surface area contributed by atoms with E-state index in [4.69, 9.17) is 11.6 Å². The molecular formula is C15H8ClF3O2. The summed E-state index contributed by atoms with van der Waals surface area (Å²) in [5.41, 5.74) is -1.16. The van der Waals surface area contributed by atoms with E-state index in [1.165, 1.54) is 30.3 Å². The topological polar surface area (TPSA) is 34.1 Å². The molecule has 0 N–H and O–H groups in total. The third-order valence-corrected chi connectivity index (χ3v) is 3.04. The molecule has 0 atom stereocenters. The number of carbonyl (C=O) groups is 2. The molecule has 108 valence electrons. The van der Waals surface area contributed by atoms with Gasteiger partial charge in [-0.3, -0.25) is 9.59 Å². The van der Waals surface area contributed by atoms with Gasteiger partial charge in [-0.1, -0.05) is 30.3 Å². The summed E-state index contributed by atoms with van der Waals surface area (Å²) in [5.74, 6) is -0.689. The normalized spacial score (nSPS) is 11.2. The van der Waals surface area contributed by atoms with Crippen LogP contribution in [0.4, 0.5) is 13.2 Å². The van der Waals surface area contributed by atoms with E-state index < -0.39 is 22.8 Å². The zero-order valence-electron chi connectivity index (χ0n) is 10.4. The van der Waals surface area contributed by atoms with Crippen molar-refractivity contribution in [2.24, 2.45) is 0 Å². The first kappa shape index (κ1) is 15.3. The van der Waals surface area contributed by atoms with Gasteiger partial charge in [0, 0.05) is 16.7 Å². The Labute approximate surface area is 123 Å². The van der Waals surface area contributed by atoms with Gasteiger partial charge in [0.1, 0.15) is 0 Å². The highest BCUT2D eigenvalue weighted by Crippen LogP contribution is 2.30. The van der Waals surface area contributed by atoms with Crippen molar-refractivity contribution in [2.45, 2.75) is 6.18 Å². The van der Waals surface area contributed by atoms with Crippen molar-refractivity contribution in [3.63, 3.8) is 0 Å². The Kier molecular flexibility index (Phi) is 4.14. The molecule has 2 nitrogen and oxygen atoms in total. The molecule has 0 aliphatic carbocycles. The molecule has 2 rings (SSSR count). The zero-order valence-corrected chi connectivity index (χ0v) is 11.2. The standard InChI is InChI=1S/C15H8ClF3O2/c16-14(21)12-7-2-1-6-11(12)13(20)9-4-3-5-10(8-9)15(17,18)19/h1-8H. The first-order valence-corrected chi connectivity index (χ1v) is 6.19. The predicted molar refractivity (Wildman–Crippen MR) is 71.5 cm³/mol. The number of ketones is 1. The quantitative estimate of drug-likeness (QED) is 0.625. The molecule has 0 amide bonds. The fourth-order valence-electron chi connectivity index (χ4n) is 1.84. The second-order valence-electron chi connectivity index (χ2n) is 4.23. The third kappa shape index (κ3) is 3.31. The number of hydrogen-bond acceptors (Lipinski definition) is 2. The highest BCUT2D eigenvalue weighted by molar-refractivity contribution is 6.68. The van der Waals surface area contributed by atoms with Gasteiger partial charge in [-0.15, -0.1) is 0 Å². The summed E-state index contributed by atoms with van der Waals surface area (Å²) in [6.45, 7) is 0. The van der Waals surface area contributed by atoms with Gasteiger partial charge in [-0.05, 0) is 29.8 Å². The van der Waals surface area contributed by atoms with Gasteiger partial charge in [-0.2, -0.15) is 13.2 Å². The molecule has 0 bridgehead atoms. The molecule has 0 aliphatic rings. The Morgan fingerprint density at radius 2 is 1.52 bits per heavy atom. The number of carbonyl (C=O) groups excluding carboxylic acids is 2. The lowest BCUT2D eigenvalue weighted by molar-refractivity contribution is -0.137. The Bertz CT molecular complexity index is 708. The minimum Gasteiger partial charge on any atom is -0.289 e. The average molecular weight is 313 g/mol. The summed E-state index contributed by atoms with van der Waals surface area (Å²) < 4.78 is 38.0. The van der Waals surface area contributed by atoms with Crippen LogP contribution in [-0.4, -0.2) is 11.0 Å². The number of hydrogen-bond donors (Lipinski definition) is 0. The van der Waals surface area contributed by atoms with Gasteiger partial charge >= 0.3 is 6.18 Å². The number of rotatable bonds is 3. The molecule has 0 spiro atoms. The fraction of sp³-hybridized carbons (Fsp3) is 0.0667. The zero-order chi connectivity index (χ0) is 15.6. The van der Waals surface area contributed by atoms with Crippen molar-refractivity contribution in [2.75, 3.05) is 0 Å². The molecule has 0 aliphatic heterocycles. The summed E-state index contributed by atoms with van der Waals surface area (Å²) in [5, 5.41) is -0.842. The first-order valence-electron chi connectivity index (χ1n) is 5.81. The molecule has 2 aromatic rings. The predicted octanol–water partition coefficient (Wildman–Crippen LogP) is 4.32. The lowest BCUT2D eigenvalue weighted by atomic mass is 9.97. The van der Waals surface area contributed by atoms with Crippen LogP contribution >= 0.6 is 11.6 Å². The van der Waals surface area contributed by atoms with E-state index in [0.717, 1.165) is 18.2 Å². The minimum absolute atomic E-state index is 0.0307. The lowest BCUT2D eigenvalue weighted by Crippen LogP contribution is -2.10. The van der Waals surface area contributed by atoms with Crippen molar-refractivity contribution in [3.05, 3.63) is 70.8 Å². The Morgan fingerprint density at radius 1 is 0.905 bits per heavy atom. The van der Waals surface area contributed by atoms with Gasteiger partial charge in [0.15, 0.2) is 5.78 Å². The van der Waals surface area contributed by atoms with E-state index in [2.05, 4.69) is 0 Å². The van der Waals surface area contributed by atoms with Crippen molar-refractivity contribution >= 4 is 22.6 Å². The second-order valence-corrected chi connectivity index (χ2v) is 4.57. The number of halogens is 4. The third-order valence-electron chi connectivity index (χ3n) is 2.84. The Morgan fingerprint density at radius 3 is 2.10 bits per heavy atom. The average Bonchev–Trinajstić information content (AvgIpc) is 2.45. The second kappa shape index (κ2) is 5.69. The van der Waals surface area contributed by atoms with Crippen LogP contribution in [0.3, 0.4) is 0 Å². The first-order chi connectivity index (χ1) is 9.80. The summed E-state index contributed by atoms with van der Waals surface area (Å²) in [6.07, 6.45) is -4.54. The lowest BCUT2D eigenvalue weighted by Gasteiger charge is -2.09. The van der Waals surface area contributed by atoms with Crippen molar-refractivity contribution in [1.82, 2.24) is 0 Å². The molecule has 21 heavy (non-hydrogen) atoms. The van der Waals surface area contributed by atoms with Crippen LogP contribution in [0.15, 0.2) is 48.5 Å². The largest absolute Gasteiger partial charge is 0.416 e. The molecule has 0 aromatic heterocycles. The van der Waals surface area contributed by atoms with E-state index in [1.54, 1.807) is 0 Å². The Balaban J connectivity index is 2.49. The minimum atomic E-state index is -4.54. The van der Waals surface area contributed by atoms with Gasteiger partial charge in [0.25, 0.3) is 5.24 Å². The van der Waals surface area contributed by atoms with E-state index in [9.17, 15) is 22.8 Å². The van der Waals surface area contributed by atoms with Crippen molar-refractivity contribution in [1.29, 1.82) is 0 Å². The van der Waals surface area contributed by atoms with Crippen molar-refractivity contribution in [3.8, 4) is 0 Å². The SMILES string of the molecule is O=C(Cl)c1ccccc1C(=O)c1cccc(C(F)(F)F)c1. The van der Waals surface area contributed by atoms with E-state index in [0.29, 0.717) is 0 Å². The maximum atomic E-state index is 12.7. The van der Waals surface area contributed by atoms with E-state index >= 15 is 0 Å². The van der Waals surface area contributed by atoms with Gasteiger partial charge < -0.3 is 0 Å². The Hall–Kier alpha value is -2.14. The fourth-order valence-corrected chi connectivity index (χ4v) is 2.01. The summed E-state index contributed by atoms with van der Waals surface area (Å²) in [7, 11) is 0. The summed E-state index contributed by atoms with van der Waals surface area (Å²) in [6, 6.07) is 9.72. The molecule has 0 saturated heterocycles. The summed E-state index contributed by atoms with van der Waals surface area (Å²) in [4.78, 5) is 23.5. The van der Waals surface area contributed by atoms with E-state index in [1.807, 2.05) is 0 Å². The van der Waals surface area contributed by atoms with Crippen LogP contribution in [0.25, 0.3) is 0 Å². The van der Waals surface area contributed by atoms with Crippen LogP contribution in [0, 0.1) is 0 Å². The van der Waals surface area contributed by atoms with Gasteiger partial charge in [0.05, 0.1) is 5.56 Å². The van der Waals surface area contributed by atoms with Crippen LogP contribution in [0.2, 0.25) is 0 Å². The molecule has 6 heteroatoms. The number of benzene rings is 2. The van der Waals surface area contributed by atoms with Crippen LogP contribution in [0.5, 0.6) is 0 Å². The van der Waals surface area contributed by atoms with Crippen LogP contribution < -0.4 is 0 Å².